The molecule has 1 aliphatic rings. The molecule has 0 spiro atoms. The van der Waals surface area contributed by atoms with E-state index in [0.717, 1.165) is 5.69 Å². The average molecular weight is 196 g/mol. The van der Waals surface area contributed by atoms with E-state index in [1.807, 2.05) is 0 Å². The molecule has 5 nitrogen and oxygen atoms in total. The van der Waals surface area contributed by atoms with Crippen LogP contribution in [0.5, 0.6) is 0 Å². The Labute approximate surface area is 80.3 Å². The minimum absolute atomic E-state index is 0.145. The summed E-state index contributed by atoms with van der Waals surface area (Å²) in [5, 5.41) is 11.5. The molecule has 76 valence electrons. The number of carboxylic acids is 1. The van der Waals surface area contributed by atoms with E-state index < -0.39 is 11.9 Å². The van der Waals surface area contributed by atoms with E-state index in [-0.39, 0.29) is 5.56 Å². The van der Waals surface area contributed by atoms with Gasteiger partial charge in [-0.2, -0.15) is 0 Å². The van der Waals surface area contributed by atoms with Gasteiger partial charge in [-0.3, -0.25) is 19.4 Å². The molecule has 0 fully saturated rings. The molecule has 2 N–H and O–H groups in total. The summed E-state index contributed by atoms with van der Waals surface area (Å²) in [5.41, 5.74) is 1.45. The number of aromatic amines is 1. The Balaban J connectivity index is 2.39. The Hall–Kier alpha value is -1.52. The van der Waals surface area contributed by atoms with Gasteiger partial charge in [0.15, 0.2) is 0 Å². The van der Waals surface area contributed by atoms with E-state index in [2.05, 4.69) is 5.10 Å². The normalized spacial score (nSPS) is 20.5. The van der Waals surface area contributed by atoms with Crippen LogP contribution in [0.3, 0.4) is 0 Å². The van der Waals surface area contributed by atoms with Crippen LogP contribution in [0.2, 0.25) is 0 Å². The average Bonchev–Trinajstić information content (AvgIpc) is 2.42. The molecule has 0 aliphatic heterocycles. The molecule has 0 saturated heterocycles. The van der Waals surface area contributed by atoms with Crippen molar-refractivity contribution in [3.05, 3.63) is 21.6 Å². The smallest absolute Gasteiger partial charge is 0.306 e. The molecule has 2 rings (SSSR count). The van der Waals surface area contributed by atoms with Gasteiger partial charge in [-0.15, -0.1) is 0 Å². The molecular formula is C9H12N2O3. The first-order valence-corrected chi connectivity index (χ1v) is 4.59. The van der Waals surface area contributed by atoms with Crippen LogP contribution in [-0.4, -0.2) is 20.9 Å². The third-order valence-corrected chi connectivity index (χ3v) is 2.83. The molecule has 0 saturated carbocycles. The van der Waals surface area contributed by atoms with Crippen molar-refractivity contribution in [3.8, 4) is 0 Å². The number of aromatic nitrogens is 2. The van der Waals surface area contributed by atoms with Gasteiger partial charge in [0.05, 0.1) is 5.92 Å². The van der Waals surface area contributed by atoms with E-state index in [1.54, 1.807) is 11.7 Å². The van der Waals surface area contributed by atoms with E-state index in [1.165, 1.54) is 0 Å². The summed E-state index contributed by atoms with van der Waals surface area (Å²) in [6, 6.07) is 0. The fourth-order valence-corrected chi connectivity index (χ4v) is 2.02. The van der Waals surface area contributed by atoms with Gasteiger partial charge >= 0.3 is 5.97 Å². The third kappa shape index (κ3) is 1.25. The van der Waals surface area contributed by atoms with Crippen molar-refractivity contribution in [1.82, 2.24) is 9.78 Å². The number of rotatable bonds is 1. The lowest BCUT2D eigenvalue weighted by molar-refractivity contribution is -0.142. The van der Waals surface area contributed by atoms with Gasteiger partial charge in [-0.25, -0.2) is 0 Å². The first-order valence-electron chi connectivity index (χ1n) is 4.59. The topological polar surface area (TPSA) is 75.1 Å². The first kappa shape index (κ1) is 9.05. The molecule has 1 aromatic rings. The van der Waals surface area contributed by atoms with E-state index in [0.29, 0.717) is 24.8 Å². The highest BCUT2D eigenvalue weighted by atomic mass is 16.4. The van der Waals surface area contributed by atoms with Gasteiger partial charge in [0.1, 0.15) is 0 Å². The SMILES string of the molecule is Cn1[nH]c(=O)c2c1CCC(C(=O)O)C2. The summed E-state index contributed by atoms with van der Waals surface area (Å²) < 4.78 is 1.69. The molecule has 1 heterocycles. The van der Waals surface area contributed by atoms with Gasteiger partial charge in [-0.1, -0.05) is 0 Å². The summed E-state index contributed by atoms with van der Waals surface area (Å²) >= 11 is 0. The largest absolute Gasteiger partial charge is 0.481 e. The van der Waals surface area contributed by atoms with Gasteiger partial charge in [0.25, 0.3) is 5.56 Å². The van der Waals surface area contributed by atoms with Crippen molar-refractivity contribution in [1.29, 1.82) is 0 Å². The maximum atomic E-state index is 11.4. The molecular weight excluding hydrogens is 184 g/mol. The van der Waals surface area contributed by atoms with Crippen LogP contribution in [-0.2, 0) is 24.7 Å². The zero-order chi connectivity index (χ0) is 10.3. The lowest BCUT2D eigenvalue weighted by atomic mass is 9.88. The molecule has 1 aliphatic carbocycles. The van der Waals surface area contributed by atoms with Gasteiger partial charge < -0.3 is 5.11 Å². The number of hydrogen-bond donors (Lipinski definition) is 2. The zero-order valence-corrected chi connectivity index (χ0v) is 7.91. The molecule has 0 radical (unpaired) electrons. The monoisotopic (exact) mass is 196 g/mol. The Morgan fingerprint density at radius 1 is 1.64 bits per heavy atom. The molecule has 5 heteroatoms. The number of nitrogens with zero attached hydrogens (tertiary/aromatic N) is 1. The van der Waals surface area contributed by atoms with Crippen LogP contribution in [0.4, 0.5) is 0 Å². The van der Waals surface area contributed by atoms with Crippen molar-refractivity contribution >= 4 is 5.97 Å². The van der Waals surface area contributed by atoms with Crippen molar-refractivity contribution in [3.63, 3.8) is 0 Å². The number of carboxylic acid groups (broad SMARTS) is 1. The van der Waals surface area contributed by atoms with Crippen LogP contribution >= 0.6 is 0 Å². The van der Waals surface area contributed by atoms with Gasteiger partial charge in [0, 0.05) is 18.3 Å². The number of hydrogen-bond acceptors (Lipinski definition) is 2. The standard InChI is InChI=1S/C9H12N2O3/c1-11-7-3-2-5(9(13)14)4-6(7)8(12)10-11/h5H,2-4H2,1H3,(H,10,12)(H,13,14). The first-order chi connectivity index (χ1) is 6.59. The number of fused-ring (bicyclic) bond motifs is 1. The molecule has 1 unspecified atom stereocenters. The highest BCUT2D eigenvalue weighted by molar-refractivity contribution is 5.70. The molecule has 0 amide bonds. The van der Waals surface area contributed by atoms with Crippen molar-refractivity contribution in [2.24, 2.45) is 13.0 Å². The predicted molar refractivity (Wildman–Crippen MR) is 49.2 cm³/mol. The fraction of sp³-hybridized carbons (Fsp3) is 0.556. The quantitative estimate of drug-likeness (QED) is 0.658. The lowest BCUT2D eigenvalue weighted by Crippen LogP contribution is -2.25. The van der Waals surface area contributed by atoms with Crippen molar-refractivity contribution in [2.75, 3.05) is 0 Å². The summed E-state index contributed by atoms with van der Waals surface area (Å²) in [6.07, 6.45) is 1.65. The molecule has 0 aromatic carbocycles. The summed E-state index contributed by atoms with van der Waals surface area (Å²) in [5.74, 6) is -1.20. The molecule has 1 atom stereocenters. The molecule has 14 heavy (non-hydrogen) atoms. The fourth-order valence-electron chi connectivity index (χ4n) is 2.02. The summed E-state index contributed by atoms with van der Waals surface area (Å²) in [7, 11) is 1.78. The minimum Gasteiger partial charge on any atom is -0.481 e. The summed E-state index contributed by atoms with van der Waals surface area (Å²) in [4.78, 5) is 22.1. The van der Waals surface area contributed by atoms with Crippen LogP contribution < -0.4 is 5.56 Å². The second-order valence-corrected chi connectivity index (χ2v) is 3.70. The zero-order valence-electron chi connectivity index (χ0n) is 7.91. The van der Waals surface area contributed by atoms with E-state index in [9.17, 15) is 9.59 Å². The highest BCUT2D eigenvalue weighted by Gasteiger charge is 2.28. The van der Waals surface area contributed by atoms with E-state index in [4.69, 9.17) is 5.11 Å². The highest BCUT2D eigenvalue weighted by Crippen LogP contribution is 2.22. The Morgan fingerprint density at radius 3 is 3.00 bits per heavy atom. The van der Waals surface area contributed by atoms with Crippen LogP contribution in [0.1, 0.15) is 17.7 Å². The molecule has 1 aromatic heterocycles. The third-order valence-electron chi connectivity index (χ3n) is 2.83. The number of carbonyl (C=O) groups is 1. The van der Waals surface area contributed by atoms with Crippen LogP contribution in [0.25, 0.3) is 0 Å². The number of nitrogens with one attached hydrogen (secondary N) is 1. The predicted octanol–water partition coefficient (Wildman–Crippen LogP) is -0.0971. The van der Waals surface area contributed by atoms with Crippen molar-refractivity contribution < 1.29 is 9.90 Å². The molecule has 0 bridgehead atoms. The van der Waals surface area contributed by atoms with Gasteiger partial charge in [0.2, 0.25) is 0 Å². The number of aryl methyl sites for hydroxylation is 1. The van der Waals surface area contributed by atoms with Gasteiger partial charge in [-0.05, 0) is 19.3 Å². The second-order valence-electron chi connectivity index (χ2n) is 3.70. The lowest BCUT2D eigenvalue weighted by Gasteiger charge is -2.17. The number of H-pyrrole nitrogens is 1. The summed E-state index contributed by atoms with van der Waals surface area (Å²) in [6.45, 7) is 0. The number of aliphatic carboxylic acids is 1. The maximum absolute atomic E-state index is 11.4. The van der Waals surface area contributed by atoms with Crippen LogP contribution in [0.15, 0.2) is 4.79 Å². The Morgan fingerprint density at radius 2 is 2.36 bits per heavy atom. The van der Waals surface area contributed by atoms with Crippen LogP contribution in [0, 0.1) is 5.92 Å². The Bertz CT molecular complexity index is 430. The maximum Gasteiger partial charge on any atom is 0.306 e. The second kappa shape index (κ2) is 3.01. The Kier molecular flexibility index (Phi) is 1.94. The minimum atomic E-state index is -0.807. The van der Waals surface area contributed by atoms with E-state index >= 15 is 0 Å². The van der Waals surface area contributed by atoms with Crippen molar-refractivity contribution in [2.45, 2.75) is 19.3 Å².